The van der Waals surface area contributed by atoms with Gasteiger partial charge in [-0.25, -0.2) is 9.97 Å². The number of anilines is 1. The van der Waals surface area contributed by atoms with Crippen LogP contribution in [-0.4, -0.2) is 23.6 Å². The molecule has 0 spiro atoms. The Morgan fingerprint density at radius 3 is 2.76 bits per heavy atom. The molecule has 3 rings (SSSR count). The molecule has 5 nitrogen and oxygen atoms in total. The van der Waals surface area contributed by atoms with Crippen LogP contribution in [0.15, 0.2) is 24.3 Å². The van der Waals surface area contributed by atoms with E-state index in [2.05, 4.69) is 44.8 Å². The summed E-state index contributed by atoms with van der Waals surface area (Å²) < 4.78 is 12.8. The van der Waals surface area contributed by atoms with Crippen LogP contribution in [0.1, 0.15) is 24.5 Å². The van der Waals surface area contributed by atoms with Crippen LogP contribution in [0.4, 0.5) is 5.82 Å². The molecular formula is C15H16IN3O2. The van der Waals surface area contributed by atoms with Crippen LogP contribution in [0, 0.1) is 3.57 Å². The Morgan fingerprint density at radius 2 is 2.05 bits per heavy atom. The van der Waals surface area contributed by atoms with Gasteiger partial charge in [-0.05, 0) is 41.1 Å². The van der Waals surface area contributed by atoms with Crippen molar-refractivity contribution in [3.05, 3.63) is 39.4 Å². The third-order valence-electron chi connectivity index (χ3n) is 3.31. The van der Waals surface area contributed by atoms with Gasteiger partial charge in [0.05, 0.1) is 9.26 Å². The molecular weight excluding hydrogens is 381 g/mol. The molecule has 0 bridgehead atoms. The smallest absolute Gasteiger partial charge is 0.192 e. The van der Waals surface area contributed by atoms with E-state index in [1.807, 2.05) is 31.3 Å². The van der Waals surface area contributed by atoms with Crippen molar-refractivity contribution in [2.75, 3.05) is 19.0 Å². The SMILES string of the molecule is CCc1nc(C2COc3ccccc3O2)nc(NC)c1I. The van der Waals surface area contributed by atoms with Crippen LogP contribution in [0.3, 0.4) is 0 Å². The Labute approximate surface area is 137 Å². The second-order valence-electron chi connectivity index (χ2n) is 4.66. The van der Waals surface area contributed by atoms with Gasteiger partial charge < -0.3 is 14.8 Å². The molecule has 110 valence electrons. The molecule has 1 atom stereocenters. The van der Waals surface area contributed by atoms with E-state index in [-0.39, 0.29) is 6.10 Å². The van der Waals surface area contributed by atoms with Crippen LogP contribution in [0.5, 0.6) is 11.5 Å². The van der Waals surface area contributed by atoms with E-state index in [4.69, 9.17) is 9.47 Å². The molecule has 0 fully saturated rings. The molecule has 1 aromatic heterocycles. The number of para-hydroxylation sites is 2. The van der Waals surface area contributed by atoms with Crippen molar-refractivity contribution in [3.63, 3.8) is 0 Å². The number of benzene rings is 1. The second kappa shape index (κ2) is 6.05. The quantitative estimate of drug-likeness (QED) is 0.807. The number of aryl methyl sites for hydroxylation is 1. The fourth-order valence-electron chi connectivity index (χ4n) is 2.20. The molecule has 0 saturated heterocycles. The summed E-state index contributed by atoms with van der Waals surface area (Å²) in [4.78, 5) is 9.19. The molecule has 1 aromatic carbocycles. The van der Waals surface area contributed by atoms with Crippen molar-refractivity contribution >= 4 is 28.4 Å². The van der Waals surface area contributed by atoms with Gasteiger partial charge in [-0.1, -0.05) is 19.1 Å². The standard InChI is InChI=1S/C15H16IN3O2/c1-3-9-13(16)15(17-2)19-14(18-9)12-8-20-10-6-4-5-7-11(10)21-12/h4-7,12H,3,8H2,1-2H3,(H,17,18,19). The topological polar surface area (TPSA) is 56.3 Å². The summed E-state index contributed by atoms with van der Waals surface area (Å²) in [7, 11) is 1.86. The number of fused-ring (bicyclic) bond motifs is 1. The highest BCUT2D eigenvalue weighted by Gasteiger charge is 2.26. The number of hydrogen-bond donors (Lipinski definition) is 1. The van der Waals surface area contributed by atoms with Crippen LogP contribution in [-0.2, 0) is 6.42 Å². The third kappa shape index (κ3) is 2.76. The normalized spacial score (nSPS) is 16.6. The summed E-state index contributed by atoms with van der Waals surface area (Å²) in [5.74, 6) is 3.00. The van der Waals surface area contributed by atoms with Crippen LogP contribution in [0.2, 0.25) is 0 Å². The maximum atomic E-state index is 5.98. The van der Waals surface area contributed by atoms with E-state index in [9.17, 15) is 0 Å². The first-order chi connectivity index (χ1) is 10.2. The van der Waals surface area contributed by atoms with Crippen molar-refractivity contribution in [2.24, 2.45) is 0 Å². The number of halogens is 1. The van der Waals surface area contributed by atoms with Gasteiger partial charge in [-0.2, -0.15) is 0 Å². The minimum Gasteiger partial charge on any atom is -0.485 e. The minimum absolute atomic E-state index is 0.283. The summed E-state index contributed by atoms with van der Waals surface area (Å²) in [6.07, 6.45) is 0.571. The lowest BCUT2D eigenvalue weighted by Crippen LogP contribution is -2.24. The fraction of sp³-hybridized carbons (Fsp3) is 0.333. The third-order valence-corrected chi connectivity index (χ3v) is 4.44. The number of aromatic nitrogens is 2. The summed E-state index contributed by atoms with van der Waals surface area (Å²) in [5.41, 5.74) is 1.02. The molecule has 1 unspecified atom stereocenters. The number of nitrogens with zero attached hydrogens (tertiary/aromatic N) is 2. The molecule has 0 aliphatic carbocycles. The second-order valence-corrected chi connectivity index (χ2v) is 5.74. The van der Waals surface area contributed by atoms with Gasteiger partial charge in [0, 0.05) is 7.05 Å². The molecule has 0 amide bonds. The van der Waals surface area contributed by atoms with E-state index < -0.39 is 0 Å². The van der Waals surface area contributed by atoms with Gasteiger partial charge in [0.15, 0.2) is 23.4 Å². The first kappa shape index (κ1) is 14.4. The predicted molar refractivity (Wildman–Crippen MR) is 89.0 cm³/mol. The first-order valence-electron chi connectivity index (χ1n) is 6.85. The van der Waals surface area contributed by atoms with E-state index in [0.717, 1.165) is 33.0 Å². The highest BCUT2D eigenvalue weighted by Crippen LogP contribution is 2.35. The minimum atomic E-state index is -0.283. The molecule has 1 N–H and O–H groups in total. The van der Waals surface area contributed by atoms with Crippen molar-refractivity contribution in [1.29, 1.82) is 0 Å². The average molecular weight is 397 g/mol. The Balaban J connectivity index is 1.95. The lowest BCUT2D eigenvalue weighted by Gasteiger charge is -2.26. The zero-order valence-electron chi connectivity index (χ0n) is 11.9. The number of hydrogen-bond acceptors (Lipinski definition) is 5. The largest absolute Gasteiger partial charge is 0.485 e. The molecule has 6 heteroatoms. The molecule has 2 aromatic rings. The van der Waals surface area contributed by atoms with Crippen molar-refractivity contribution in [2.45, 2.75) is 19.4 Å². The van der Waals surface area contributed by atoms with Gasteiger partial charge in [0.2, 0.25) is 0 Å². The average Bonchev–Trinajstić information content (AvgIpc) is 2.54. The summed E-state index contributed by atoms with van der Waals surface area (Å²) in [6, 6.07) is 7.65. The van der Waals surface area contributed by atoms with Gasteiger partial charge in [-0.3, -0.25) is 0 Å². The van der Waals surface area contributed by atoms with Crippen molar-refractivity contribution in [3.8, 4) is 11.5 Å². The Hall–Kier alpha value is -1.57. The van der Waals surface area contributed by atoms with Gasteiger partial charge in [-0.15, -0.1) is 0 Å². The van der Waals surface area contributed by atoms with Crippen LogP contribution < -0.4 is 14.8 Å². The Morgan fingerprint density at radius 1 is 1.29 bits per heavy atom. The van der Waals surface area contributed by atoms with E-state index in [0.29, 0.717) is 12.4 Å². The summed E-state index contributed by atoms with van der Waals surface area (Å²) in [6.45, 7) is 2.51. The zero-order valence-corrected chi connectivity index (χ0v) is 14.0. The van der Waals surface area contributed by atoms with Crippen LogP contribution in [0.25, 0.3) is 0 Å². The van der Waals surface area contributed by atoms with Crippen molar-refractivity contribution < 1.29 is 9.47 Å². The first-order valence-corrected chi connectivity index (χ1v) is 7.93. The summed E-state index contributed by atoms with van der Waals surface area (Å²) in [5, 5.41) is 3.11. The monoisotopic (exact) mass is 397 g/mol. The van der Waals surface area contributed by atoms with E-state index in [1.165, 1.54) is 0 Å². The van der Waals surface area contributed by atoms with Gasteiger partial charge in [0.25, 0.3) is 0 Å². The Kier molecular flexibility index (Phi) is 4.14. The lowest BCUT2D eigenvalue weighted by atomic mass is 10.2. The molecule has 2 heterocycles. The van der Waals surface area contributed by atoms with Crippen LogP contribution >= 0.6 is 22.6 Å². The number of rotatable bonds is 3. The number of ether oxygens (including phenoxy) is 2. The molecule has 21 heavy (non-hydrogen) atoms. The maximum absolute atomic E-state index is 5.98. The summed E-state index contributed by atoms with van der Waals surface area (Å²) >= 11 is 2.27. The fourth-order valence-corrected chi connectivity index (χ4v) is 3.10. The van der Waals surface area contributed by atoms with Gasteiger partial charge in [0.1, 0.15) is 12.4 Å². The van der Waals surface area contributed by atoms with Gasteiger partial charge >= 0.3 is 0 Å². The van der Waals surface area contributed by atoms with E-state index in [1.54, 1.807) is 0 Å². The lowest BCUT2D eigenvalue weighted by molar-refractivity contribution is 0.0849. The number of nitrogens with one attached hydrogen (secondary N) is 1. The van der Waals surface area contributed by atoms with Crippen molar-refractivity contribution in [1.82, 2.24) is 9.97 Å². The predicted octanol–water partition coefficient (Wildman–Crippen LogP) is 3.20. The highest BCUT2D eigenvalue weighted by molar-refractivity contribution is 14.1. The molecule has 1 aliphatic rings. The zero-order chi connectivity index (χ0) is 14.8. The highest BCUT2D eigenvalue weighted by atomic mass is 127. The molecule has 0 saturated carbocycles. The molecule has 1 aliphatic heterocycles. The Bertz CT molecular complexity index is 638. The molecule has 0 radical (unpaired) electrons. The maximum Gasteiger partial charge on any atom is 0.192 e. The van der Waals surface area contributed by atoms with E-state index >= 15 is 0 Å².